The Balaban J connectivity index is 1.89. The molecule has 0 spiro atoms. The van der Waals surface area contributed by atoms with Crippen molar-refractivity contribution in [2.75, 3.05) is 13.2 Å². The monoisotopic (exact) mass is 226 g/mol. The van der Waals surface area contributed by atoms with Crippen molar-refractivity contribution in [2.24, 2.45) is 23.7 Å². The lowest BCUT2D eigenvalue weighted by atomic mass is 9.71. The molecule has 3 atom stereocenters. The zero-order valence-corrected chi connectivity index (χ0v) is 10.7. The molecule has 1 saturated heterocycles. The average molecular weight is 226 g/mol. The molecule has 2 rings (SSSR count). The maximum Gasteiger partial charge on any atom is 0.0598 e. The topological polar surface area (TPSA) is 29.5 Å². The number of aliphatic hydroxyl groups is 1. The molecule has 1 heterocycles. The lowest BCUT2D eigenvalue weighted by molar-refractivity contribution is -0.0346. The smallest absolute Gasteiger partial charge is 0.0598 e. The van der Waals surface area contributed by atoms with Gasteiger partial charge in [0.2, 0.25) is 0 Å². The van der Waals surface area contributed by atoms with E-state index in [4.69, 9.17) is 4.74 Å². The predicted molar refractivity (Wildman–Crippen MR) is 65.2 cm³/mol. The molecule has 2 fully saturated rings. The lowest BCUT2D eigenvalue weighted by Gasteiger charge is -2.38. The summed E-state index contributed by atoms with van der Waals surface area (Å²) in [6, 6.07) is 0. The number of rotatable bonds is 2. The molecule has 2 nitrogen and oxygen atoms in total. The Morgan fingerprint density at radius 2 is 1.50 bits per heavy atom. The third kappa shape index (κ3) is 2.98. The van der Waals surface area contributed by atoms with Gasteiger partial charge in [0.1, 0.15) is 0 Å². The van der Waals surface area contributed by atoms with Crippen molar-refractivity contribution in [3.63, 3.8) is 0 Å². The summed E-state index contributed by atoms with van der Waals surface area (Å²) in [5.41, 5.74) is 0. The molecule has 1 aliphatic heterocycles. The van der Waals surface area contributed by atoms with Gasteiger partial charge in [0.05, 0.1) is 6.10 Å². The Kier molecular flexibility index (Phi) is 4.26. The first-order valence-corrected chi connectivity index (χ1v) is 6.92. The molecule has 2 heteroatoms. The van der Waals surface area contributed by atoms with E-state index in [1.54, 1.807) is 0 Å². The molecular formula is C14H26O2. The Morgan fingerprint density at radius 1 is 0.938 bits per heavy atom. The van der Waals surface area contributed by atoms with E-state index in [0.717, 1.165) is 37.9 Å². The largest absolute Gasteiger partial charge is 0.393 e. The van der Waals surface area contributed by atoms with Crippen molar-refractivity contribution in [3.8, 4) is 0 Å². The molecule has 1 aliphatic carbocycles. The Morgan fingerprint density at radius 3 is 2.06 bits per heavy atom. The average Bonchev–Trinajstić information content (AvgIpc) is 2.28. The molecular weight excluding hydrogens is 200 g/mol. The third-order valence-electron chi connectivity index (χ3n) is 4.45. The standard InChI is InChI=1S/C14H26O2/c1-10-7-11(2)9-13(8-10)14(15)12-3-5-16-6-4-12/h10-15H,3-9H2,1-2H3. The minimum absolute atomic E-state index is 0.0749. The van der Waals surface area contributed by atoms with Crippen LogP contribution in [-0.4, -0.2) is 24.4 Å². The SMILES string of the molecule is CC1CC(C)CC(C(O)C2CCOCC2)C1. The molecule has 0 bridgehead atoms. The van der Waals surface area contributed by atoms with Crippen molar-refractivity contribution in [1.29, 1.82) is 0 Å². The number of ether oxygens (including phenoxy) is 1. The van der Waals surface area contributed by atoms with Gasteiger partial charge in [0.15, 0.2) is 0 Å². The molecule has 16 heavy (non-hydrogen) atoms. The molecule has 0 aromatic rings. The van der Waals surface area contributed by atoms with E-state index in [2.05, 4.69) is 13.8 Å². The minimum atomic E-state index is -0.0749. The normalized spacial score (nSPS) is 39.6. The van der Waals surface area contributed by atoms with Crippen LogP contribution in [0.15, 0.2) is 0 Å². The molecule has 0 amide bonds. The van der Waals surface area contributed by atoms with E-state index >= 15 is 0 Å². The van der Waals surface area contributed by atoms with Crippen LogP contribution < -0.4 is 0 Å². The van der Waals surface area contributed by atoms with Crippen LogP contribution in [-0.2, 0) is 4.74 Å². The molecule has 1 N–H and O–H groups in total. The van der Waals surface area contributed by atoms with Crippen LogP contribution in [0.4, 0.5) is 0 Å². The van der Waals surface area contributed by atoms with E-state index < -0.39 is 0 Å². The maximum absolute atomic E-state index is 10.5. The van der Waals surface area contributed by atoms with E-state index in [-0.39, 0.29) is 6.10 Å². The van der Waals surface area contributed by atoms with Gasteiger partial charge in [0, 0.05) is 13.2 Å². The number of aliphatic hydroxyl groups excluding tert-OH is 1. The zero-order chi connectivity index (χ0) is 11.5. The van der Waals surface area contributed by atoms with Crippen molar-refractivity contribution in [3.05, 3.63) is 0 Å². The van der Waals surface area contributed by atoms with Gasteiger partial charge in [-0.2, -0.15) is 0 Å². The second-order valence-corrected chi connectivity index (χ2v) is 6.12. The summed E-state index contributed by atoms with van der Waals surface area (Å²) in [6.07, 6.45) is 5.83. The first kappa shape index (κ1) is 12.4. The van der Waals surface area contributed by atoms with Crippen LogP contribution >= 0.6 is 0 Å². The van der Waals surface area contributed by atoms with Crippen molar-refractivity contribution < 1.29 is 9.84 Å². The summed E-state index contributed by atoms with van der Waals surface area (Å²) >= 11 is 0. The van der Waals surface area contributed by atoms with Gasteiger partial charge >= 0.3 is 0 Å². The Bertz CT molecular complexity index is 201. The van der Waals surface area contributed by atoms with Gasteiger partial charge in [-0.1, -0.05) is 13.8 Å². The minimum Gasteiger partial charge on any atom is -0.393 e. The molecule has 0 aromatic heterocycles. The van der Waals surface area contributed by atoms with Crippen molar-refractivity contribution in [2.45, 2.75) is 52.1 Å². The summed E-state index contributed by atoms with van der Waals surface area (Å²) < 4.78 is 5.37. The summed E-state index contributed by atoms with van der Waals surface area (Å²) in [5, 5.41) is 10.5. The molecule has 0 radical (unpaired) electrons. The second kappa shape index (κ2) is 5.50. The van der Waals surface area contributed by atoms with Gasteiger partial charge in [0.25, 0.3) is 0 Å². The van der Waals surface area contributed by atoms with Gasteiger partial charge in [-0.25, -0.2) is 0 Å². The van der Waals surface area contributed by atoms with Crippen molar-refractivity contribution >= 4 is 0 Å². The zero-order valence-electron chi connectivity index (χ0n) is 10.7. The van der Waals surface area contributed by atoms with Crippen LogP contribution in [0.3, 0.4) is 0 Å². The van der Waals surface area contributed by atoms with E-state index in [9.17, 15) is 5.11 Å². The molecule has 0 aromatic carbocycles. The highest BCUT2D eigenvalue weighted by atomic mass is 16.5. The molecule has 1 saturated carbocycles. The van der Waals surface area contributed by atoms with E-state index in [0.29, 0.717) is 11.8 Å². The predicted octanol–water partition coefficient (Wildman–Crippen LogP) is 2.85. The summed E-state index contributed by atoms with van der Waals surface area (Å²) in [5.74, 6) is 2.63. The molecule has 2 aliphatic rings. The van der Waals surface area contributed by atoms with Crippen molar-refractivity contribution in [1.82, 2.24) is 0 Å². The number of hydrogen-bond acceptors (Lipinski definition) is 2. The highest BCUT2D eigenvalue weighted by Crippen LogP contribution is 2.38. The summed E-state index contributed by atoms with van der Waals surface area (Å²) in [6.45, 7) is 6.36. The molecule has 3 unspecified atom stereocenters. The first-order chi connectivity index (χ1) is 7.66. The maximum atomic E-state index is 10.5. The fourth-order valence-corrected chi connectivity index (χ4v) is 3.73. The van der Waals surface area contributed by atoms with Crippen LogP contribution in [0.25, 0.3) is 0 Å². The van der Waals surface area contributed by atoms with Crippen LogP contribution in [0, 0.1) is 23.7 Å². The molecule has 94 valence electrons. The number of hydrogen-bond donors (Lipinski definition) is 1. The fourth-order valence-electron chi connectivity index (χ4n) is 3.73. The van der Waals surface area contributed by atoms with E-state index in [1.807, 2.05) is 0 Å². The summed E-state index contributed by atoms with van der Waals surface area (Å²) in [4.78, 5) is 0. The van der Waals surface area contributed by atoms with Gasteiger partial charge < -0.3 is 9.84 Å². The quantitative estimate of drug-likeness (QED) is 0.784. The fraction of sp³-hybridized carbons (Fsp3) is 1.00. The van der Waals surface area contributed by atoms with Gasteiger partial charge in [-0.15, -0.1) is 0 Å². The second-order valence-electron chi connectivity index (χ2n) is 6.12. The highest BCUT2D eigenvalue weighted by molar-refractivity contribution is 4.84. The third-order valence-corrected chi connectivity index (χ3v) is 4.45. The van der Waals surface area contributed by atoms with Crippen LogP contribution in [0.5, 0.6) is 0 Å². The van der Waals surface area contributed by atoms with Gasteiger partial charge in [-0.3, -0.25) is 0 Å². The van der Waals surface area contributed by atoms with Crippen LogP contribution in [0.1, 0.15) is 46.0 Å². The van der Waals surface area contributed by atoms with Crippen LogP contribution in [0.2, 0.25) is 0 Å². The summed E-state index contributed by atoms with van der Waals surface area (Å²) in [7, 11) is 0. The Labute approximate surface area is 99.4 Å². The first-order valence-electron chi connectivity index (χ1n) is 6.92. The van der Waals surface area contributed by atoms with E-state index in [1.165, 1.54) is 19.3 Å². The highest BCUT2D eigenvalue weighted by Gasteiger charge is 2.33. The van der Waals surface area contributed by atoms with Gasteiger partial charge in [-0.05, 0) is 55.8 Å². The Hall–Kier alpha value is -0.0800. The lowest BCUT2D eigenvalue weighted by Crippen LogP contribution is -2.37.